The van der Waals surface area contributed by atoms with Gasteiger partial charge in [-0.3, -0.25) is 0 Å². The van der Waals surface area contributed by atoms with E-state index in [2.05, 4.69) is 26.7 Å². The number of rotatable bonds is 1. The summed E-state index contributed by atoms with van der Waals surface area (Å²) in [6.45, 7) is 4.82. The highest BCUT2D eigenvalue weighted by molar-refractivity contribution is 5.03. The first kappa shape index (κ1) is 13.4. The maximum Gasteiger partial charge on any atom is 0.0947 e. The predicted octanol–water partition coefficient (Wildman–Crippen LogP) is 2.40. The topological polar surface area (TPSA) is 39.2 Å². The van der Waals surface area contributed by atoms with Crippen molar-refractivity contribution in [3.63, 3.8) is 0 Å². The predicted molar refractivity (Wildman–Crippen MR) is 52.5 cm³/mol. The fourth-order valence-electron chi connectivity index (χ4n) is 0.409. The molecule has 12 heavy (non-hydrogen) atoms. The Hall–Kier alpha value is -1.20. The van der Waals surface area contributed by atoms with Crippen LogP contribution in [0.3, 0.4) is 0 Å². The van der Waals surface area contributed by atoms with Crippen molar-refractivity contribution in [2.45, 2.75) is 26.8 Å². The van der Waals surface area contributed by atoms with Crippen molar-refractivity contribution in [2.24, 2.45) is 5.73 Å². The molecule has 1 heterocycles. The van der Waals surface area contributed by atoms with Crippen LogP contribution in [0.2, 0.25) is 0 Å². The van der Waals surface area contributed by atoms with Crippen LogP contribution in [0.15, 0.2) is 23.0 Å². The summed E-state index contributed by atoms with van der Waals surface area (Å²) in [4.78, 5) is 0. The molecule has 2 heteroatoms. The summed E-state index contributed by atoms with van der Waals surface area (Å²) in [5, 5.41) is 0. The monoisotopic (exact) mass is 167 g/mol. The highest BCUT2D eigenvalue weighted by Gasteiger charge is 1.83. The van der Waals surface area contributed by atoms with Gasteiger partial charge in [0.15, 0.2) is 0 Å². The lowest BCUT2D eigenvalue weighted by Gasteiger charge is -1.78. The Balaban J connectivity index is 0. The van der Waals surface area contributed by atoms with Gasteiger partial charge >= 0.3 is 0 Å². The van der Waals surface area contributed by atoms with Crippen LogP contribution in [0.4, 0.5) is 0 Å². The van der Waals surface area contributed by atoms with E-state index in [9.17, 15) is 0 Å². The summed E-state index contributed by atoms with van der Waals surface area (Å²) in [6.07, 6.45) is 12.5. The molecule has 0 fully saturated rings. The van der Waals surface area contributed by atoms with Crippen molar-refractivity contribution < 1.29 is 4.42 Å². The Kier molecular flexibility index (Phi) is 13.9. The molecule has 0 bridgehead atoms. The van der Waals surface area contributed by atoms with E-state index in [-0.39, 0.29) is 0 Å². The second-order valence-corrected chi connectivity index (χ2v) is 2.04. The van der Waals surface area contributed by atoms with Crippen molar-refractivity contribution in [3.05, 3.63) is 24.2 Å². The molecule has 1 rings (SSSR count). The molecule has 0 aliphatic rings. The summed E-state index contributed by atoms with van der Waals surface area (Å²) in [5.74, 6) is 0. The lowest BCUT2D eigenvalue weighted by Crippen LogP contribution is -1.92. The van der Waals surface area contributed by atoms with Gasteiger partial charge in [0.05, 0.1) is 12.5 Å². The molecule has 2 N–H and O–H groups in total. The zero-order valence-corrected chi connectivity index (χ0v) is 7.79. The van der Waals surface area contributed by atoms with Crippen LogP contribution < -0.4 is 5.73 Å². The number of nitrogens with two attached hydrogens (primary N) is 1. The second kappa shape index (κ2) is 12.5. The molecular formula is C10H17NO. The molecule has 0 amide bonds. The molecule has 0 aliphatic heterocycles. The Morgan fingerprint density at radius 1 is 1.42 bits per heavy atom. The first-order valence-electron chi connectivity index (χ1n) is 3.89. The summed E-state index contributed by atoms with van der Waals surface area (Å²) < 4.78 is 4.73. The third-order valence-corrected chi connectivity index (χ3v) is 0.816. The van der Waals surface area contributed by atoms with Crippen molar-refractivity contribution >= 4 is 0 Å². The second-order valence-electron chi connectivity index (χ2n) is 2.04. The highest BCUT2D eigenvalue weighted by atomic mass is 16.3. The van der Waals surface area contributed by atoms with E-state index >= 15 is 0 Å². The fraction of sp³-hybridized carbons (Fsp3) is 0.400. The zero-order chi connectivity index (χ0) is 9.82. The van der Waals surface area contributed by atoms with Crippen molar-refractivity contribution in [2.75, 3.05) is 0 Å². The first-order valence-corrected chi connectivity index (χ1v) is 3.89. The molecule has 1 aromatic heterocycles. The van der Waals surface area contributed by atoms with E-state index in [1.807, 2.05) is 6.07 Å². The average molecular weight is 167 g/mol. The van der Waals surface area contributed by atoms with Crippen LogP contribution in [-0.2, 0) is 6.54 Å². The van der Waals surface area contributed by atoms with Crippen LogP contribution in [0.1, 0.15) is 25.8 Å². The SMILES string of the molecule is C#C.CCC.NCc1ccoc1. The van der Waals surface area contributed by atoms with Gasteiger partial charge in [-0.1, -0.05) is 20.3 Å². The third kappa shape index (κ3) is 8.80. The number of terminal acetylenes is 1. The van der Waals surface area contributed by atoms with E-state index in [0.29, 0.717) is 6.54 Å². The Labute approximate surface area is 74.8 Å². The van der Waals surface area contributed by atoms with Crippen LogP contribution in [0.25, 0.3) is 0 Å². The van der Waals surface area contributed by atoms with E-state index in [4.69, 9.17) is 10.2 Å². The van der Waals surface area contributed by atoms with Gasteiger partial charge in [0.25, 0.3) is 0 Å². The van der Waals surface area contributed by atoms with Gasteiger partial charge in [0, 0.05) is 12.1 Å². The minimum absolute atomic E-state index is 0.566. The molecule has 2 nitrogen and oxygen atoms in total. The molecule has 0 spiro atoms. The van der Waals surface area contributed by atoms with Gasteiger partial charge in [0.1, 0.15) is 0 Å². The normalized spacial score (nSPS) is 7.08. The lowest BCUT2D eigenvalue weighted by atomic mass is 10.4. The number of hydrogen-bond donors (Lipinski definition) is 1. The van der Waals surface area contributed by atoms with E-state index in [1.165, 1.54) is 6.42 Å². The smallest absolute Gasteiger partial charge is 0.0947 e. The van der Waals surface area contributed by atoms with Gasteiger partial charge in [-0.2, -0.15) is 0 Å². The van der Waals surface area contributed by atoms with Crippen molar-refractivity contribution in [1.29, 1.82) is 0 Å². The molecule has 0 atom stereocenters. The Bertz CT molecular complexity index is 165. The van der Waals surface area contributed by atoms with Gasteiger partial charge < -0.3 is 10.2 Å². The van der Waals surface area contributed by atoms with Gasteiger partial charge in [-0.05, 0) is 6.07 Å². The van der Waals surface area contributed by atoms with E-state index in [0.717, 1.165) is 5.56 Å². The van der Waals surface area contributed by atoms with E-state index in [1.54, 1.807) is 12.5 Å². The molecule has 0 radical (unpaired) electrons. The molecular weight excluding hydrogens is 150 g/mol. The molecule has 1 aromatic rings. The minimum Gasteiger partial charge on any atom is -0.472 e. The Morgan fingerprint density at radius 3 is 2.08 bits per heavy atom. The first-order chi connectivity index (χ1) is 5.85. The standard InChI is InChI=1S/C5H7NO.C3H8.C2H2/c6-3-5-1-2-7-4-5;1-3-2;1-2/h1-2,4H,3,6H2;3H2,1-2H3;1-2H. The third-order valence-electron chi connectivity index (χ3n) is 0.816. The van der Waals surface area contributed by atoms with Crippen molar-refractivity contribution in [3.8, 4) is 12.8 Å². The maximum atomic E-state index is 5.23. The molecule has 0 aliphatic carbocycles. The minimum atomic E-state index is 0.566. The van der Waals surface area contributed by atoms with Gasteiger partial charge in [-0.15, -0.1) is 12.8 Å². The summed E-state index contributed by atoms with van der Waals surface area (Å²) >= 11 is 0. The maximum absolute atomic E-state index is 5.23. The zero-order valence-electron chi connectivity index (χ0n) is 7.79. The van der Waals surface area contributed by atoms with Gasteiger partial charge in [-0.25, -0.2) is 0 Å². The summed E-state index contributed by atoms with van der Waals surface area (Å²) in [5.41, 5.74) is 6.28. The molecule has 68 valence electrons. The van der Waals surface area contributed by atoms with Crippen LogP contribution in [0.5, 0.6) is 0 Å². The molecule has 0 unspecified atom stereocenters. The van der Waals surface area contributed by atoms with Crippen LogP contribution >= 0.6 is 0 Å². The largest absolute Gasteiger partial charge is 0.472 e. The molecule has 0 aromatic carbocycles. The number of hydrogen-bond acceptors (Lipinski definition) is 2. The fourth-order valence-corrected chi connectivity index (χ4v) is 0.409. The average Bonchev–Trinajstić information content (AvgIpc) is 2.61. The van der Waals surface area contributed by atoms with Crippen LogP contribution in [-0.4, -0.2) is 0 Å². The molecule has 0 saturated heterocycles. The highest BCUT2D eigenvalue weighted by Crippen LogP contribution is 1.95. The summed E-state index contributed by atoms with van der Waals surface area (Å²) in [6, 6.07) is 1.85. The van der Waals surface area contributed by atoms with Gasteiger partial charge in [0.2, 0.25) is 0 Å². The van der Waals surface area contributed by atoms with Crippen LogP contribution in [0, 0.1) is 12.8 Å². The Morgan fingerprint density at radius 2 is 1.92 bits per heavy atom. The quantitative estimate of drug-likeness (QED) is 0.652. The molecule has 0 saturated carbocycles. The van der Waals surface area contributed by atoms with Crippen molar-refractivity contribution in [1.82, 2.24) is 0 Å². The van der Waals surface area contributed by atoms with E-state index < -0.39 is 0 Å². The number of furan rings is 1. The summed E-state index contributed by atoms with van der Waals surface area (Å²) in [7, 11) is 0. The lowest BCUT2D eigenvalue weighted by molar-refractivity contribution is 0.564.